The highest BCUT2D eigenvalue weighted by Crippen LogP contribution is 2.12. The van der Waals surface area contributed by atoms with Gasteiger partial charge in [-0.3, -0.25) is 4.79 Å². The maximum atomic E-state index is 10.9. The van der Waals surface area contributed by atoms with Gasteiger partial charge in [0, 0.05) is 6.42 Å². The highest BCUT2D eigenvalue weighted by atomic mass is 16.4. The van der Waals surface area contributed by atoms with Gasteiger partial charge >= 0.3 is 5.97 Å². The zero-order valence-electron chi connectivity index (χ0n) is 13.9. The van der Waals surface area contributed by atoms with E-state index in [4.69, 9.17) is 5.11 Å². The van der Waals surface area contributed by atoms with Gasteiger partial charge in [0.15, 0.2) is 0 Å². The molecule has 1 unspecified atom stereocenters. The van der Waals surface area contributed by atoms with E-state index >= 15 is 0 Å². The van der Waals surface area contributed by atoms with Crippen LogP contribution in [0.5, 0.6) is 0 Å². The molecule has 0 saturated heterocycles. The van der Waals surface area contributed by atoms with Crippen LogP contribution < -0.4 is 0 Å². The summed E-state index contributed by atoms with van der Waals surface area (Å²) in [4.78, 5) is 21.2. The van der Waals surface area contributed by atoms with Crippen LogP contribution in [-0.2, 0) is 9.59 Å². The summed E-state index contributed by atoms with van der Waals surface area (Å²) in [5.74, 6) is -1.99. The van der Waals surface area contributed by atoms with Crippen molar-refractivity contribution in [3.8, 4) is 0 Å². The van der Waals surface area contributed by atoms with Gasteiger partial charge in [-0.15, -0.1) is 0 Å². The minimum Gasteiger partial charge on any atom is -0.476 e. The summed E-state index contributed by atoms with van der Waals surface area (Å²) >= 11 is 0. The molecule has 0 rings (SSSR count). The standard InChI is InChI=1S/C18H32O4/c1-2-3-10-13-16(19)14-11-8-6-4-5-7-9-12-15-17(20)18(21)22/h3,10,16,19H,2,4-9,11-15H2,1H3,(H,21,22)/b10-3-. The fraction of sp³-hybridized carbons (Fsp3) is 0.778. The Morgan fingerprint density at radius 2 is 1.45 bits per heavy atom. The second-order valence-corrected chi connectivity index (χ2v) is 5.86. The van der Waals surface area contributed by atoms with Crippen molar-refractivity contribution in [1.82, 2.24) is 0 Å². The molecule has 22 heavy (non-hydrogen) atoms. The van der Waals surface area contributed by atoms with Crippen molar-refractivity contribution in [2.45, 2.75) is 90.1 Å². The van der Waals surface area contributed by atoms with Crippen LogP contribution in [0.2, 0.25) is 0 Å². The first-order chi connectivity index (χ1) is 10.6. The van der Waals surface area contributed by atoms with Gasteiger partial charge < -0.3 is 10.2 Å². The Balaban J connectivity index is 3.25. The maximum Gasteiger partial charge on any atom is 0.372 e. The predicted molar refractivity (Wildman–Crippen MR) is 88.9 cm³/mol. The Morgan fingerprint density at radius 3 is 2.00 bits per heavy atom. The lowest BCUT2D eigenvalue weighted by atomic mass is 10.0. The second kappa shape index (κ2) is 14.8. The SMILES string of the molecule is CC/C=C\CC(O)CCCCCCCCCCC(=O)C(=O)O. The molecule has 0 saturated carbocycles. The summed E-state index contributed by atoms with van der Waals surface area (Å²) in [6.45, 7) is 2.09. The molecular weight excluding hydrogens is 280 g/mol. The molecule has 0 bridgehead atoms. The number of carboxylic acids is 1. The number of allylic oxidation sites excluding steroid dienone is 1. The molecule has 4 nitrogen and oxygen atoms in total. The van der Waals surface area contributed by atoms with Crippen LogP contribution in [0.15, 0.2) is 12.2 Å². The lowest BCUT2D eigenvalue weighted by Gasteiger charge is -2.07. The minimum atomic E-state index is -1.31. The molecule has 0 aliphatic heterocycles. The molecule has 0 aromatic carbocycles. The summed E-state index contributed by atoms with van der Waals surface area (Å²) < 4.78 is 0. The molecule has 0 radical (unpaired) electrons. The lowest BCUT2D eigenvalue weighted by Crippen LogP contribution is -2.11. The Bertz CT molecular complexity index is 323. The molecule has 2 N–H and O–H groups in total. The van der Waals surface area contributed by atoms with E-state index in [0.717, 1.165) is 51.4 Å². The average molecular weight is 312 g/mol. The Morgan fingerprint density at radius 1 is 0.909 bits per heavy atom. The van der Waals surface area contributed by atoms with Gasteiger partial charge in [0.05, 0.1) is 6.10 Å². The number of unbranched alkanes of at least 4 members (excludes halogenated alkanes) is 7. The Kier molecular flexibility index (Phi) is 14.0. The fourth-order valence-electron chi connectivity index (χ4n) is 2.37. The molecule has 1 atom stereocenters. The number of aliphatic hydroxyl groups excluding tert-OH is 1. The highest BCUT2D eigenvalue weighted by molar-refractivity contribution is 6.32. The van der Waals surface area contributed by atoms with Crippen molar-refractivity contribution < 1.29 is 19.8 Å². The van der Waals surface area contributed by atoms with Crippen molar-refractivity contribution in [1.29, 1.82) is 0 Å². The maximum absolute atomic E-state index is 10.9. The normalized spacial score (nSPS) is 12.6. The van der Waals surface area contributed by atoms with Crippen LogP contribution in [-0.4, -0.2) is 28.1 Å². The predicted octanol–water partition coefficient (Wildman–Crippen LogP) is 4.26. The number of carbonyl (C=O) groups is 2. The van der Waals surface area contributed by atoms with Crippen LogP contribution in [0.4, 0.5) is 0 Å². The van der Waals surface area contributed by atoms with Crippen LogP contribution >= 0.6 is 0 Å². The van der Waals surface area contributed by atoms with E-state index in [1.54, 1.807) is 0 Å². The van der Waals surface area contributed by atoms with Gasteiger partial charge in [-0.2, -0.15) is 0 Å². The van der Waals surface area contributed by atoms with Gasteiger partial charge in [0.2, 0.25) is 5.78 Å². The van der Waals surface area contributed by atoms with Crippen LogP contribution in [0.3, 0.4) is 0 Å². The van der Waals surface area contributed by atoms with E-state index in [0.29, 0.717) is 6.42 Å². The third kappa shape index (κ3) is 13.8. The number of Topliss-reactive ketones (excluding diaryl/α,β-unsaturated/α-hetero) is 1. The summed E-state index contributed by atoms with van der Waals surface area (Å²) in [6, 6.07) is 0. The molecule has 0 spiro atoms. The highest BCUT2D eigenvalue weighted by Gasteiger charge is 2.09. The third-order valence-corrected chi connectivity index (χ3v) is 3.74. The number of carbonyl (C=O) groups excluding carboxylic acids is 1. The van der Waals surface area contributed by atoms with Crippen molar-refractivity contribution in [2.24, 2.45) is 0 Å². The van der Waals surface area contributed by atoms with E-state index in [-0.39, 0.29) is 12.5 Å². The zero-order chi connectivity index (χ0) is 16.6. The smallest absolute Gasteiger partial charge is 0.372 e. The molecule has 0 aromatic rings. The topological polar surface area (TPSA) is 74.6 Å². The number of hydrogen-bond acceptors (Lipinski definition) is 3. The third-order valence-electron chi connectivity index (χ3n) is 3.74. The lowest BCUT2D eigenvalue weighted by molar-refractivity contribution is -0.149. The molecule has 0 amide bonds. The molecule has 0 aliphatic carbocycles. The molecule has 0 heterocycles. The molecular formula is C18H32O4. The number of carboxylic acid groups (broad SMARTS) is 1. The fourth-order valence-corrected chi connectivity index (χ4v) is 2.37. The first-order valence-corrected chi connectivity index (χ1v) is 8.67. The zero-order valence-corrected chi connectivity index (χ0v) is 13.9. The Hall–Kier alpha value is -1.16. The molecule has 128 valence electrons. The van der Waals surface area contributed by atoms with Gasteiger partial charge in [0.25, 0.3) is 0 Å². The largest absolute Gasteiger partial charge is 0.476 e. The number of aliphatic hydroxyl groups is 1. The van der Waals surface area contributed by atoms with E-state index in [2.05, 4.69) is 19.1 Å². The summed E-state index contributed by atoms with van der Waals surface area (Å²) in [7, 11) is 0. The van der Waals surface area contributed by atoms with Crippen molar-refractivity contribution >= 4 is 11.8 Å². The van der Waals surface area contributed by atoms with Crippen molar-refractivity contribution in [3.63, 3.8) is 0 Å². The average Bonchev–Trinajstić information content (AvgIpc) is 2.49. The van der Waals surface area contributed by atoms with E-state index < -0.39 is 11.8 Å². The van der Waals surface area contributed by atoms with Gasteiger partial charge in [-0.1, -0.05) is 64.0 Å². The summed E-state index contributed by atoms with van der Waals surface area (Å²) in [5, 5.41) is 18.2. The Labute approximate surface area is 134 Å². The quantitative estimate of drug-likeness (QED) is 0.269. The van der Waals surface area contributed by atoms with Crippen molar-refractivity contribution in [2.75, 3.05) is 0 Å². The van der Waals surface area contributed by atoms with Crippen molar-refractivity contribution in [3.05, 3.63) is 12.2 Å². The number of rotatable bonds is 15. The molecule has 0 aliphatic rings. The van der Waals surface area contributed by atoms with Crippen LogP contribution in [0, 0.1) is 0 Å². The van der Waals surface area contributed by atoms with Gasteiger partial charge in [-0.25, -0.2) is 4.79 Å². The van der Waals surface area contributed by atoms with Crippen LogP contribution in [0.25, 0.3) is 0 Å². The first kappa shape index (κ1) is 20.8. The molecule has 0 fully saturated rings. The second-order valence-electron chi connectivity index (χ2n) is 5.86. The summed E-state index contributed by atoms with van der Waals surface area (Å²) in [6.07, 6.45) is 15.2. The van der Waals surface area contributed by atoms with Gasteiger partial charge in [-0.05, 0) is 25.7 Å². The monoisotopic (exact) mass is 312 g/mol. The number of aliphatic carboxylic acids is 1. The van der Waals surface area contributed by atoms with Crippen LogP contribution in [0.1, 0.15) is 84.0 Å². The first-order valence-electron chi connectivity index (χ1n) is 8.67. The van der Waals surface area contributed by atoms with E-state index in [9.17, 15) is 14.7 Å². The molecule has 0 aromatic heterocycles. The van der Waals surface area contributed by atoms with E-state index in [1.165, 1.54) is 12.8 Å². The van der Waals surface area contributed by atoms with Gasteiger partial charge in [0.1, 0.15) is 0 Å². The van der Waals surface area contributed by atoms with E-state index in [1.807, 2.05) is 0 Å². The summed E-state index contributed by atoms with van der Waals surface area (Å²) in [5.41, 5.74) is 0. The minimum absolute atomic E-state index is 0.166. The molecule has 4 heteroatoms. The number of hydrogen-bond donors (Lipinski definition) is 2. The number of ketones is 1.